The first-order valence-corrected chi connectivity index (χ1v) is 10.7. The highest BCUT2D eigenvalue weighted by Gasteiger charge is 2.28. The number of pyridine rings is 1. The number of anilines is 1. The SMILES string of the molecule is O=C(c1nc2ccccn2c1CN1CCN(c2ccccc2F)CC1)N1CCCC1. The van der Waals surface area contributed by atoms with Crippen LogP contribution in [0.15, 0.2) is 48.7 Å². The molecule has 0 spiro atoms. The topological polar surface area (TPSA) is 44.1 Å². The predicted octanol–water partition coefficient (Wildman–Crippen LogP) is 3.03. The van der Waals surface area contributed by atoms with Crippen LogP contribution in [-0.4, -0.2) is 64.4 Å². The van der Waals surface area contributed by atoms with E-state index in [4.69, 9.17) is 0 Å². The molecule has 0 atom stereocenters. The van der Waals surface area contributed by atoms with Gasteiger partial charge in [0.05, 0.1) is 11.4 Å². The molecule has 156 valence electrons. The average Bonchev–Trinajstić information content (AvgIpc) is 3.43. The minimum absolute atomic E-state index is 0.0381. The summed E-state index contributed by atoms with van der Waals surface area (Å²) >= 11 is 0. The second-order valence-electron chi connectivity index (χ2n) is 8.05. The van der Waals surface area contributed by atoms with Gasteiger partial charge in [-0.3, -0.25) is 9.69 Å². The van der Waals surface area contributed by atoms with E-state index >= 15 is 0 Å². The summed E-state index contributed by atoms with van der Waals surface area (Å²) in [5, 5.41) is 0. The monoisotopic (exact) mass is 407 g/mol. The third kappa shape index (κ3) is 3.54. The first-order valence-electron chi connectivity index (χ1n) is 10.7. The summed E-state index contributed by atoms with van der Waals surface area (Å²) in [6, 6.07) is 12.8. The maximum absolute atomic E-state index is 14.1. The Morgan fingerprint density at radius 2 is 1.67 bits per heavy atom. The molecule has 1 aromatic carbocycles. The number of aromatic nitrogens is 2. The molecule has 2 aliphatic rings. The smallest absolute Gasteiger partial charge is 0.274 e. The number of carbonyl (C=O) groups excluding carboxylic acids is 1. The van der Waals surface area contributed by atoms with Gasteiger partial charge in [0.1, 0.15) is 11.5 Å². The predicted molar refractivity (Wildman–Crippen MR) is 114 cm³/mol. The molecular weight excluding hydrogens is 381 g/mol. The molecule has 3 aromatic rings. The lowest BCUT2D eigenvalue weighted by Gasteiger charge is -2.36. The van der Waals surface area contributed by atoms with Crippen molar-refractivity contribution in [3.8, 4) is 0 Å². The van der Waals surface area contributed by atoms with Crippen molar-refractivity contribution in [1.29, 1.82) is 0 Å². The van der Waals surface area contributed by atoms with E-state index in [-0.39, 0.29) is 11.7 Å². The van der Waals surface area contributed by atoms with Crippen LogP contribution in [0.5, 0.6) is 0 Å². The minimum atomic E-state index is -0.175. The van der Waals surface area contributed by atoms with Crippen LogP contribution >= 0.6 is 0 Å². The number of amides is 1. The van der Waals surface area contributed by atoms with E-state index in [1.54, 1.807) is 6.07 Å². The molecule has 2 aromatic heterocycles. The zero-order valence-electron chi connectivity index (χ0n) is 17.0. The van der Waals surface area contributed by atoms with Crippen LogP contribution in [0, 0.1) is 5.82 Å². The lowest BCUT2D eigenvalue weighted by Crippen LogP contribution is -2.46. The first kappa shape index (κ1) is 19.1. The molecular formula is C23H26FN5O. The van der Waals surface area contributed by atoms with Gasteiger partial charge in [0, 0.05) is 52.0 Å². The van der Waals surface area contributed by atoms with Crippen molar-refractivity contribution in [2.24, 2.45) is 0 Å². The van der Waals surface area contributed by atoms with Gasteiger partial charge in [-0.25, -0.2) is 9.37 Å². The van der Waals surface area contributed by atoms with Crippen molar-refractivity contribution in [3.63, 3.8) is 0 Å². The Bertz CT molecular complexity index is 1050. The summed E-state index contributed by atoms with van der Waals surface area (Å²) in [5.41, 5.74) is 2.98. The van der Waals surface area contributed by atoms with Crippen LogP contribution in [0.3, 0.4) is 0 Å². The number of nitrogens with zero attached hydrogens (tertiary/aromatic N) is 5. The molecule has 6 nitrogen and oxygen atoms in total. The number of hydrogen-bond acceptors (Lipinski definition) is 4. The second kappa shape index (κ2) is 8.07. The highest BCUT2D eigenvalue weighted by Crippen LogP contribution is 2.23. The third-order valence-electron chi connectivity index (χ3n) is 6.16. The van der Waals surface area contributed by atoms with E-state index < -0.39 is 0 Å². The summed E-state index contributed by atoms with van der Waals surface area (Å²) in [5.74, 6) is -0.137. The number of para-hydroxylation sites is 1. The van der Waals surface area contributed by atoms with Crippen LogP contribution in [-0.2, 0) is 6.54 Å². The zero-order chi connectivity index (χ0) is 20.5. The fraction of sp³-hybridized carbons (Fsp3) is 0.391. The van der Waals surface area contributed by atoms with Crippen LogP contribution in [0.1, 0.15) is 29.0 Å². The number of rotatable bonds is 4. The summed E-state index contributed by atoms with van der Waals surface area (Å²) in [4.78, 5) is 24.2. The molecule has 2 aliphatic heterocycles. The Morgan fingerprint density at radius 1 is 0.933 bits per heavy atom. The summed E-state index contributed by atoms with van der Waals surface area (Å²) in [6.45, 7) is 5.42. The van der Waals surface area contributed by atoms with Gasteiger partial charge in [-0.2, -0.15) is 0 Å². The number of benzene rings is 1. The number of carbonyl (C=O) groups is 1. The van der Waals surface area contributed by atoms with Crippen molar-refractivity contribution in [2.75, 3.05) is 44.2 Å². The summed E-state index contributed by atoms with van der Waals surface area (Å²) in [6.07, 6.45) is 4.10. The fourth-order valence-corrected chi connectivity index (χ4v) is 4.51. The highest BCUT2D eigenvalue weighted by molar-refractivity contribution is 5.94. The number of fused-ring (bicyclic) bond motifs is 1. The molecule has 0 unspecified atom stereocenters. The Hall–Kier alpha value is -2.93. The average molecular weight is 407 g/mol. The van der Waals surface area contributed by atoms with Gasteiger partial charge in [0.15, 0.2) is 5.69 Å². The minimum Gasteiger partial charge on any atom is -0.367 e. The molecule has 0 N–H and O–H groups in total. The number of piperazine rings is 1. The molecule has 30 heavy (non-hydrogen) atoms. The molecule has 2 saturated heterocycles. The van der Waals surface area contributed by atoms with E-state index in [0.29, 0.717) is 17.9 Å². The maximum atomic E-state index is 14.1. The molecule has 0 bridgehead atoms. The number of halogens is 1. The van der Waals surface area contributed by atoms with E-state index in [1.165, 1.54) is 6.07 Å². The third-order valence-corrected chi connectivity index (χ3v) is 6.16. The van der Waals surface area contributed by atoms with E-state index in [0.717, 1.165) is 63.5 Å². The lowest BCUT2D eigenvalue weighted by molar-refractivity contribution is 0.0785. The van der Waals surface area contributed by atoms with Crippen molar-refractivity contribution in [3.05, 3.63) is 65.9 Å². The quantitative estimate of drug-likeness (QED) is 0.667. The van der Waals surface area contributed by atoms with Gasteiger partial charge in [-0.15, -0.1) is 0 Å². The molecule has 5 rings (SSSR count). The Morgan fingerprint density at radius 3 is 2.43 bits per heavy atom. The molecule has 4 heterocycles. The molecule has 2 fully saturated rings. The van der Waals surface area contributed by atoms with E-state index in [2.05, 4.69) is 14.8 Å². The fourth-order valence-electron chi connectivity index (χ4n) is 4.51. The summed E-state index contributed by atoms with van der Waals surface area (Å²) in [7, 11) is 0. The number of imidazole rings is 1. The van der Waals surface area contributed by atoms with Gasteiger partial charge >= 0.3 is 0 Å². The van der Waals surface area contributed by atoms with Crippen LogP contribution in [0.4, 0.5) is 10.1 Å². The number of likely N-dealkylation sites (tertiary alicyclic amines) is 1. The van der Waals surface area contributed by atoms with Crippen molar-refractivity contribution in [1.82, 2.24) is 19.2 Å². The standard InChI is InChI=1S/C23H26FN5O/c24-18-7-1-2-8-19(18)27-15-13-26(14-16-27)17-20-22(23(30)28-10-5-6-11-28)25-21-9-3-4-12-29(20)21/h1-4,7-9,12H,5-6,10-11,13-17H2. The van der Waals surface area contributed by atoms with Crippen LogP contribution in [0.25, 0.3) is 5.65 Å². The second-order valence-corrected chi connectivity index (χ2v) is 8.05. The van der Waals surface area contributed by atoms with E-state index in [1.807, 2.05) is 45.8 Å². The van der Waals surface area contributed by atoms with Crippen LogP contribution in [0.2, 0.25) is 0 Å². The van der Waals surface area contributed by atoms with Crippen LogP contribution < -0.4 is 4.90 Å². The van der Waals surface area contributed by atoms with Crippen molar-refractivity contribution >= 4 is 17.2 Å². The normalized spacial score (nSPS) is 17.8. The zero-order valence-corrected chi connectivity index (χ0v) is 17.0. The number of hydrogen-bond donors (Lipinski definition) is 0. The van der Waals surface area contributed by atoms with Crippen molar-refractivity contribution in [2.45, 2.75) is 19.4 Å². The van der Waals surface area contributed by atoms with Gasteiger partial charge in [-0.1, -0.05) is 18.2 Å². The molecule has 0 radical (unpaired) electrons. The Kier molecular flexibility index (Phi) is 5.12. The Labute approximate surface area is 175 Å². The molecule has 1 amide bonds. The van der Waals surface area contributed by atoms with Gasteiger partial charge in [-0.05, 0) is 37.1 Å². The maximum Gasteiger partial charge on any atom is 0.274 e. The van der Waals surface area contributed by atoms with E-state index in [9.17, 15) is 9.18 Å². The van der Waals surface area contributed by atoms with Gasteiger partial charge in [0.2, 0.25) is 0 Å². The molecule has 0 saturated carbocycles. The largest absolute Gasteiger partial charge is 0.367 e. The summed E-state index contributed by atoms with van der Waals surface area (Å²) < 4.78 is 16.2. The van der Waals surface area contributed by atoms with Gasteiger partial charge in [0.25, 0.3) is 5.91 Å². The van der Waals surface area contributed by atoms with Crippen molar-refractivity contribution < 1.29 is 9.18 Å². The molecule has 0 aliphatic carbocycles. The highest BCUT2D eigenvalue weighted by atomic mass is 19.1. The Balaban J connectivity index is 1.36. The van der Waals surface area contributed by atoms with Gasteiger partial charge < -0.3 is 14.2 Å². The molecule has 7 heteroatoms. The lowest BCUT2D eigenvalue weighted by atomic mass is 10.2. The first-order chi connectivity index (χ1) is 14.7.